The Morgan fingerprint density at radius 3 is 2.04 bits per heavy atom. The average Bonchev–Trinajstić information content (AvgIpc) is 2.61. The molecule has 0 fully saturated rings. The summed E-state index contributed by atoms with van der Waals surface area (Å²) in [5.41, 5.74) is 11.1. The number of Topliss-reactive ketones (excluding diaryl/α,β-unsaturated/α-hetero) is 1. The zero-order valence-electron chi connectivity index (χ0n) is 17.0. The lowest BCUT2D eigenvalue weighted by molar-refractivity contribution is -0.135. The molecular weight excluding hydrogens is 348 g/mol. The van der Waals surface area contributed by atoms with Crippen molar-refractivity contribution in [3.05, 3.63) is 0 Å². The van der Waals surface area contributed by atoms with Crippen molar-refractivity contribution in [1.82, 2.24) is 10.6 Å². The Kier molecular flexibility index (Phi) is 13.7. The van der Waals surface area contributed by atoms with E-state index in [1.54, 1.807) is 0 Å². The van der Waals surface area contributed by atoms with Crippen LogP contribution in [-0.4, -0.2) is 54.0 Å². The number of nitrogens with one attached hydrogen (secondary N) is 2. The molecule has 0 radical (unpaired) electrons. The predicted molar refractivity (Wildman–Crippen MR) is 106 cm³/mol. The first-order valence-corrected chi connectivity index (χ1v) is 9.97. The Balaban J connectivity index is 4.94. The van der Waals surface area contributed by atoms with Crippen LogP contribution in [0.3, 0.4) is 0 Å². The third-order valence-electron chi connectivity index (χ3n) is 4.62. The molecule has 0 saturated heterocycles. The molecule has 2 unspecified atom stereocenters. The maximum absolute atomic E-state index is 12.6. The van der Waals surface area contributed by atoms with Crippen molar-refractivity contribution in [2.24, 2.45) is 17.4 Å². The van der Waals surface area contributed by atoms with Gasteiger partial charge in [0.15, 0.2) is 5.78 Å². The van der Waals surface area contributed by atoms with Crippen LogP contribution in [0.25, 0.3) is 0 Å². The number of carbonyl (C=O) groups is 3. The van der Waals surface area contributed by atoms with Crippen LogP contribution in [0.1, 0.15) is 65.7 Å². The van der Waals surface area contributed by atoms with Crippen LogP contribution in [0, 0.1) is 5.92 Å². The van der Waals surface area contributed by atoms with Crippen molar-refractivity contribution in [3.8, 4) is 0 Å². The van der Waals surface area contributed by atoms with Crippen LogP contribution in [0.2, 0.25) is 0 Å². The molecule has 8 heteroatoms. The van der Waals surface area contributed by atoms with Crippen LogP contribution in [0.5, 0.6) is 0 Å². The minimum Gasteiger partial charge on any atom is -0.391 e. The number of aliphatic hydroxyl groups is 1. The summed E-state index contributed by atoms with van der Waals surface area (Å²) in [7, 11) is 0. The van der Waals surface area contributed by atoms with Gasteiger partial charge in [-0.2, -0.15) is 0 Å². The molecule has 0 saturated carbocycles. The van der Waals surface area contributed by atoms with E-state index < -0.39 is 24.1 Å². The van der Waals surface area contributed by atoms with Gasteiger partial charge in [-0.3, -0.25) is 14.4 Å². The minimum absolute atomic E-state index is 0.221. The third-order valence-corrected chi connectivity index (χ3v) is 4.62. The first-order valence-electron chi connectivity index (χ1n) is 9.97. The highest BCUT2D eigenvalue weighted by Crippen LogP contribution is 2.15. The van der Waals surface area contributed by atoms with Gasteiger partial charge in [0.25, 0.3) is 0 Å². The summed E-state index contributed by atoms with van der Waals surface area (Å²) >= 11 is 0. The summed E-state index contributed by atoms with van der Waals surface area (Å²) in [5.74, 6) is -1.41. The zero-order chi connectivity index (χ0) is 20.8. The maximum atomic E-state index is 12.6. The van der Waals surface area contributed by atoms with E-state index in [-0.39, 0.29) is 24.2 Å². The molecule has 7 N–H and O–H groups in total. The molecule has 0 aliphatic heterocycles. The number of ketones is 1. The van der Waals surface area contributed by atoms with E-state index in [1.165, 1.54) is 13.8 Å². The van der Waals surface area contributed by atoms with Crippen LogP contribution < -0.4 is 22.1 Å². The van der Waals surface area contributed by atoms with Crippen LogP contribution in [-0.2, 0) is 14.4 Å². The second kappa shape index (κ2) is 14.5. The lowest BCUT2D eigenvalue weighted by atomic mass is 9.95. The largest absolute Gasteiger partial charge is 0.391 e. The van der Waals surface area contributed by atoms with E-state index in [1.807, 2.05) is 0 Å². The summed E-state index contributed by atoms with van der Waals surface area (Å²) in [6, 6.07) is -1.86. The van der Waals surface area contributed by atoms with E-state index in [2.05, 4.69) is 17.6 Å². The van der Waals surface area contributed by atoms with Gasteiger partial charge in [0.05, 0.1) is 12.1 Å². The molecule has 0 aromatic heterocycles. The Labute approximate surface area is 162 Å². The smallest absolute Gasteiger partial charge is 0.245 e. The van der Waals surface area contributed by atoms with Gasteiger partial charge in [0.2, 0.25) is 11.8 Å². The summed E-state index contributed by atoms with van der Waals surface area (Å²) in [5, 5.41) is 15.2. The fourth-order valence-electron chi connectivity index (χ4n) is 2.91. The number of nitrogens with two attached hydrogens (primary N) is 2. The summed E-state index contributed by atoms with van der Waals surface area (Å²) < 4.78 is 0. The number of hydrogen-bond acceptors (Lipinski definition) is 6. The molecule has 4 atom stereocenters. The van der Waals surface area contributed by atoms with Gasteiger partial charge in [-0.25, -0.2) is 0 Å². The molecular formula is C19H38N4O4. The van der Waals surface area contributed by atoms with Gasteiger partial charge in [0, 0.05) is 5.92 Å². The predicted octanol–water partition coefficient (Wildman–Crippen LogP) is 0.210. The zero-order valence-corrected chi connectivity index (χ0v) is 17.0. The summed E-state index contributed by atoms with van der Waals surface area (Å²) in [6.07, 6.45) is 4.61. The van der Waals surface area contributed by atoms with Crippen molar-refractivity contribution in [3.63, 3.8) is 0 Å². The summed E-state index contributed by atoms with van der Waals surface area (Å²) in [6.45, 7) is 5.53. The highest BCUT2D eigenvalue weighted by molar-refractivity contribution is 5.92. The second-order valence-electron chi connectivity index (χ2n) is 7.10. The number of rotatable bonds is 15. The highest BCUT2D eigenvalue weighted by atomic mass is 16.3. The van der Waals surface area contributed by atoms with Crippen molar-refractivity contribution < 1.29 is 19.5 Å². The number of aliphatic hydroxyl groups excluding tert-OH is 1. The Morgan fingerprint density at radius 1 is 0.926 bits per heavy atom. The molecule has 158 valence electrons. The molecule has 0 aromatic carbocycles. The molecule has 0 aliphatic rings. The van der Waals surface area contributed by atoms with Crippen molar-refractivity contribution in [1.29, 1.82) is 0 Å². The average molecular weight is 387 g/mol. The molecule has 0 spiro atoms. The molecule has 0 heterocycles. The molecule has 8 nitrogen and oxygen atoms in total. The van der Waals surface area contributed by atoms with Crippen molar-refractivity contribution in [2.45, 2.75) is 83.9 Å². The number of unbranched alkanes of at least 4 members (excludes halogenated alkanes) is 3. The molecule has 0 bridgehead atoms. The lowest BCUT2D eigenvalue weighted by Gasteiger charge is -2.26. The Bertz CT molecular complexity index is 457. The second-order valence-corrected chi connectivity index (χ2v) is 7.10. The van der Waals surface area contributed by atoms with Crippen LogP contribution >= 0.6 is 0 Å². The van der Waals surface area contributed by atoms with Crippen molar-refractivity contribution in [2.75, 3.05) is 13.1 Å². The number of carbonyl (C=O) groups excluding carboxylic acids is 3. The van der Waals surface area contributed by atoms with E-state index >= 15 is 0 Å². The number of hydrogen-bond donors (Lipinski definition) is 5. The third kappa shape index (κ3) is 10.4. The first kappa shape index (κ1) is 25.5. The van der Waals surface area contributed by atoms with Gasteiger partial charge in [-0.05, 0) is 46.2 Å². The lowest BCUT2D eigenvalue weighted by Crippen LogP contribution is -2.56. The highest BCUT2D eigenvalue weighted by Gasteiger charge is 2.30. The van der Waals surface area contributed by atoms with E-state index in [0.717, 1.165) is 25.7 Å². The molecule has 0 aromatic rings. The molecule has 0 aliphatic carbocycles. The minimum atomic E-state index is -1.13. The Hall–Kier alpha value is -1.51. The first-order chi connectivity index (χ1) is 12.8. The van der Waals surface area contributed by atoms with E-state index in [4.69, 9.17) is 11.5 Å². The monoisotopic (exact) mass is 386 g/mol. The standard InChI is InChI=1S/C19H38N4O4/c1-4-5-6-7-8-15(9-11-20)18(26)23-17(14(3)25)19(27)22-16(10-12-21)13(2)24/h14-17,25H,4-12,20-21H2,1-3H3,(H,22,27)(H,23,26)/t14?,15?,16-,17-/m0/s1. The molecule has 2 amide bonds. The van der Waals surface area contributed by atoms with Crippen LogP contribution in [0.4, 0.5) is 0 Å². The van der Waals surface area contributed by atoms with Crippen LogP contribution in [0.15, 0.2) is 0 Å². The van der Waals surface area contributed by atoms with Gasteiger partial charge in [-0.1, -0.05) is 32.6 Å². The van der Waals surface area contributed by atoms with Crippen molar-refractivity contribution >= 4 is 17.6 Å². The molecule has 0 rings (SSSR count). The number of amides is 2. The topological polar surface area (TPSA) is 148 Å². The fraction of sp³-hybridized carbons (Fsp3) is 0.842. The van der Waals surface area contributed by atoms with E-state index in [9.17, 15) is 19.5 Å². The molecule has 27 heavy (non-hydrogen) atoms. The Morgan fingerprint density at radius 2 is 1.56 bits per heavy atom. The SMILES string of the molecule is CCCCCCC(CCN)C(=O)N[C@H](C(=O)N[C@@H](CCN)C(C)=O)C(C)O. The van der Waals surface area contributed by atoms with Gasteiger partial charge < -0.3 is 27.2 Å². The van der Waals surface area contributed by atoms with E-state index in [0.29, 0.717) is 25.8 Å². The van der Waals surface area contributed by atoms with Gasteiger partial charge in [-0.15, -0.1) is 0 Å². The fourth-order valence-corrected chi connectivity index (χ4v) is 2.91. The summed E-state index contributed by atoms with van der Waals surface area (Å²) in [4.78, 5) is 36.7. The quantitative estimate of drug-likeness (QED) is 0.254. The maximum Gasteiger partial charge on any atom is 0.245 e. The van der Waals surface area contributed by atoms with Gasteiger partial charge in [0.1, 0.15) is 6.04 Å². The van der Waals surface area contributed by atoms with Gasteiger partial charge >= 0.3 is 0 Å². The normalized spacial score (nSPS) is 15.5.